The Morgan fingerprint density at radius 3 is 2.44 bits per heavy atom. The van der Waals surface area contributed by atoms with Crippen molar-refractivity contribution in [1.82, 2.24) is 0 Å². The first-order valence-electron chi connectivity index (χ1n) is 6.60. The zero-order chi connectivity index (χ0) is 12.6. The second kappa shape index (κ2) is 4.25. The van der Waals surface area contributed by atoms with Gasteiger partial charge in [0.2, 0.25) is 0 Å². The van der Waals surface area contributed by atoms with Gasteiger partial charge in [0.05, 0.1) is 0 Å². The molecule has 0 heterocycles. The highest BCUT2D eigenvalue weighted by atomic mass is 14.8. The first kappa shape index (κ1) is 11.5. The van der Waals surface area contributed by atoms with Gasteiger partial charge in [0.25, 0.3) is 0 Å². The average Bonchev–Trinajstić information content (AvgIpc) is 3.11. The van der Waals surface area contributed by atoms with Gasteiger partial charge in [-0.2, -0.15) is 0 Å². The summed E-state index contributed by atoms with van der Waals surface area (Å²) in [6.45, 7) is 2.17. The van der Waals surface area contributed by atoms with Crippen LogP contribution in [0.15, 0.2) is 48.5 Å². The molecule has 0 bridgehead atoms. The molecule has 1 nitrogen and oxygen atoms in total. The highest BCUT2D eigenvalue weighted by molar-refractivity contribution is 5.67. The van der Waals surface area contributed by atoms with Crippen molar-refractivity contribution in [2.45, 2.75) is 31.7 Å². The van der Waals surface area contributed by atoms with E-state index in [0.29, 0.717) is 0 Å². The first-order chi connectivity index (χ1) is 8.66. The second-order valence-electron chi connectivity index (χ2n) is 5.55. The fraction of sp³-hybridized carbons (Fsp3) is 0.294. The summed E-state index contributed by atoms with van der Waals surface area (Å²) in [7, 11) is 0. The summed E-state index contributed by atoms with van der Waals surface area (Å²) in [5.74, 6) is 0. The van der Waals surface area contributed by atoms with Gasteiger partial charge >= 0.3 is 0 Å². The molecule has 0 spiro atoms. The fourth-order valence-electron chi connectivity index (χ4n) is 2.45. The molecule has 2 aromatic carbocycles. The van der Waals surface area contributed by atoms with Crippen molar-refractivity contribution in [3.63, 3.8) is 0 Å². The summed E-state index contributed by atoms with van der Waals surface area (Å²) in [6, 6.07) is 17.3. The number of hydrogen-bond acceptors (Lipinski definition) is 1. The van der Waals surface area contributed by atoms with E-state index in [1.165, 1.54) is 35.1 Å². The second-order valence-corrected chi connectivity index (χ2v) is 5.55. The van der Waals surface area contributed by atoms with E-state index in [1.807, 2.05) is 0 Å². The monoisotopic (exact) mass is 237 g/mol. The molecular weight excluding hydrogens is 218 g/mol. The van der Waals surface area contributed by atoms with Crippen molar-refractivity contribution in [2.24, 2.45) is 5.73 Å². The predicted molar refractivity (Wildman–Crippen MR) is 76.5 cm³/mol. The third kappa shape index (κ3) is 2.32. The fourth-order valence-corrected chi connectivity index (χ4v) is 2.45. The number of hydrogen-bond donors (Lipinski definition) is 1. The average molecular weight is 237 g/mol. The van der Waals surface area contributed by atoms with E-state index in [4.69, 9.17) is 5.73 Å². The van der Waals surface area contributed by atoms with Crippen LogP contribution in [-0.4, -0.2) is 5.54 Å². The summed E-state index contributed by atoms with van der Waals surface area (Å²) in [5, 5.41) is 0. The van der Waals surface area contributed by atoms with Crippen LogP contribution in [0.1, 0.15) is 24.0 Å². The van der Waals surface area contributed by atoms with E-state index in [-0.39, 0.29) is 5.54 Å². The van der Waals surface area contributed by atoms with E-state index < -0.39 is 0 Å². The standard InChI is InChI=1S/C17H19N/c1-13-7-8-14(12-17(18)9-10-17)11-16(13)15-5-3-2-4-6-15/h2-8,11H,9-10,12,18H2,1H3. The van der Waals surface area contributed by atoms with Gasteiger partial charge in [0, 0.05) is 5.54 Å². The maximum absolute atomic E-state index is 6.21. The minimum Gasteiger partial charge on any atom is -0.325 e. The highest BCUT2D eigenvalue weighted by Gasteiger charge is 2.37. The molecule has 92 valence electrons. The summed E-state index contributed by atoms with van der Waals surface area (Å²) in [4.78, 5) is 0. The Morgan fingerprint density at radius 2 is 1.78 bits per heavy atom. The molecule has 0 aliphatic heterocycles. The lowest BCUT2D eigenvalue weighted by Crippen LogP contribution is -2.24. The van der Waals surface area contributed by atoms with E-state index in [0.717, 1.165) is 6.42 Å². The molecule has 3 rings (SSSR count). The normalized spacial score (nSPS) is 16.6. The van der Waals surface area contributed by atoms with Crippen LogP contribution in [0.4, 0.5) is 0 Å². The quantitative estimate of drug-likeness (QED) is 0.865. The smallest absolute Gasteiger partial charge is 0.0196 e. The lowest BCUT2D eigenvalue weighted by atomic mass is 9.95. The third-order valence-corrected chi connectivity index (χ3v) is 3.84. The molecule has 0 radical (unpaired) electrons. The van der Waals surface area contributed by atoms with Gasteiger partial charge in [0.15, 0.2) is 0 Å². The van der Waals surface area contributed by atoms with Crippen LogP contribution in [0.3, 0.4) is 0 Å². The van der Waals surface area contributed by atoms with Crippen molar-refractivity contribution in [1.29, 1.82) is 0 Å². The topological polar surface area (TPSA) is 26.0 Å². The number of aryl methyl sites for hydroxylation is 1. The van der Waals surface area contributed by atoms with Gasteiger partial charge in [-0.1, -0.05) is 48.5 Å². The van der Waals surface area contributed by atoms with Crippen LogP contribution >= 0.6 is 0 Å². The van der Waals surface area contributed by atoms with E-state index >= 15 is 0 Å². The van der Waals surface area contributed by atoms with E-state index in [2.05, 4.69) is 55.5 Å². The Bertz CT molecular complexity index is 553. The summed E-state index contributed by atoms with van der Waals surface area (Å²) >= 11 is 0. The Hall–Kier alpha value is -1.60. The molecule has 18 heavy (non-hydrogen) atoms. The molecule has 1 heteroatoms. The minimum atomic E-state index is 0.0865. The van der Waals surface area contributed by atoms with Gasteiger partial charge in [-0.05, 0) is 48.4 Å². The number of rotatable bonds is 3. The zero-order valence-corrected chi connectivity index (χ0v) is 10.8. The molecule has 1 aliphatic carbocycles. The lowest BCUT2D eigenvalue weighted by Gasteiger charge is -2.12. The Morgan fingerprint density at radius 1 is 1.06 bits per heavy atom. The zero-order valence-electron chi connectivity index (χ0n) is 10.8. The van der Waals surface area contributed by atoms with E-state index in [1.54, 1.807) is 0 Å². The third-order valence-electron chi connectivity index (χ3n) is 3.84. The van der Waals surface area contributed by atoms with Crippen molar-refractivity contribution >= 4 is 0 Å². The minimum absolute atomic E-state index is 0.0865. The SMILES string of the molecule is Cc1ccc(CC2(N)CC2)cc1-c1ccccc1. The molecule has 0 aromatic heterocycles. The van der Waals surface area contributed by atoms with Crippen LogP contribution in [0.2, 0.25) is 0 Å². The van der Waals surface area contributed by atoms with Crippen LogP contribution in [0, 0.1) is 6.92 Å². The lowest BCUT2D eigenvalue weighted by molar-refractivity contribution is 0.672. The molecule has 2 N–H and O–H groups in total. The maximum Gasteiger partial charge on any atom is 0.0196 e. The van der Waals surface area contributed by atoms with Gasteiger partial charge in [-0.15, -0.1) is 0 Å². The highest BCUT2D eigenvalue weighted by Crippen LogP contribution is 2.36. The molecule has 0 atom stereocenters. The first-order valence-corrected chi connectivity index (χ1v) is 6.60. The van der Waals surface area contributed by atoms with Crippen LogP contribution < -0.4 is 5.73 Å². The summed E-state index contributed by atoms with van der Waals surface area (Å²) in [5.41, 5.74) is 11.6. The largest absolute Gasteiger partial charge is 0.325 e. The molecule has 0 unspecified atom stereocenters. The molecule has 1 saturated carbocycles. The Kier molecular flexibility index (Phi) is 2.71. The molecular formula is C17H19N. The Balaban J connectivity index is 1.96. The molecule has 0 amide bonds. The van der Waals surface area contributed by atoms with E-state index in [9.17, 15) is 0 Å². The van der Waals surface area contributed by atoms with Crippen LogP contribution in [0.5, 0.6) is 0 Å². The number of benzene rings is 2. The summed E-state index contributed by atoms with van der Waals surface area (Å²) < 4.78 is 0. The number of nitrogens with two attached hydrogens (primary N) is 1. The summed E-state index contributed by atoms with van der Waals surface area (Å²) in [6.07, 6.45) is 3.34. The van der Waals surface area contributed by atoms with Crippen molar-refractivity contribution in [2.75, 3.05) is 0 Å². The molecule has 1 aliphatic rings. The van der Waals surface area contributed by atoms with Gasteiger partial charge in [0.1, 0.15) is 0 Å². The molecule has 0 saturated heterocycles. The predicted octanol–water partition coefficient (Wildman–Crippen LogP) is 3.70. The van der Waals surface area contributed by atoms with Gasteiger partial charge in [-0.25, -0.2) is 0 Å². The van der Waals surface area contributed by atoms with Crippen molar-refractivity contribution in [3.05, 3.63) is 59.7 Å². The molecule has 1 fully saturated rings. The van der Waals surface area contributed by atoms with Crippen molar-refractivity contribution in [3.8, 4) is 11.1 Å². The van der Waals surface area contributed by atoms with Crippen LogP contribution in [0.25, 0.3) is 11.1 Å². The van der Waals surface area contributed by atoms with Gasteiger partial charge in [-0.3, -0.25) is 0 Å². The maximum atomic E-state index is 6.21. The van der Waals surface area contributed by atoms with Crippen LogP contribution in [-0.2, 0) is 6.42 Å². The Labute approximate surface area is 109 Å². The van der Waals surface area contributed by atoms with Gasteiger partial charge < -0.3 is 5.73 Å². The molecule has 2 aromatic rings. The van der Waals surface area contributed by atoms with Crippen molar-refractivity contribution < 1.29 is 0 Å².